The lowest BCUT2D eigenvalue weighted by molar-refractivity contribution is -0.148. The number of esters is 4. The first-order valence-corrected chi connectivity index (χ1v) is 6.72. The van der Waals surface area contributed by atoms with Crippen LogP contribution in [0.15, 0.2) is 24.0 Å². The molecule has 0 aliphatic rings. The minimum absolute atomic E-state index is 0.0292. The third-order valence-corrected chi connectivity index (χ3v) is 2.41. The number of benzene rings is 1. The van der Waals surface area contributed by atoms with Gasteiger partial charge in [-0.3, -0.25) is 14.4 Å². The molecule has 0 atom stereocenters. The molecular formula is C16H16O8. The predicted molar refractivity (Wildman–Crippen MR) is 80.8 cm³/mol. The summed E-state index contributed by atoms with van der Waals surface area (Å²) >= 11 is 0. The fourth-order valence-corrected chi connectivity index (χ4v) is 1.63. The van der Waals surface area contributed by atoms with Crippen molar-refractivity contribution in [2.45, 2.75) is 20.8 Å². The summed E-state index contributed by atoms with van der Waals surface area (Å²) in [4.78, 5) is 44.9. The Kier molecular flexibility index (Phi) is 6.66. The monoisotopic (exact) mass is 336 g/mol. The molecule has 0 aromatic heterocycles. The molecule has 0 heterocycles. The Balaban J connectivity index is 3.28. The van der Waals surface area contributed by atoms with Crippen LogP contribution in [-0.2, 0) is 28.7 Å². The van der Waals surface area contributed by atoms with Gasteiger partial charge in [0, 0.05) is 20.8 Å². The van der Waals surface area contributed by atoms with E-state index in [2.05, 4.69) is 4.74 Å². The predicted octanol–water partition coefficient (Wildman–Crippen LogP) is 1.61. The molecule has 0 amide bonds. The van der Waals surface area contributed by atoms with Crippen LogP contribution in [0.3, 0.4) is 0 Å². The number of hydrogen-bond acceptors (Lipinski definition) is 8. The van der Waals surface area contributed by atoms with E-state index in [1.165, 1.54) is 38.1 Å². The van der Waals surface area contributed by atoms with Crippen LogP contribution in [0.4, 0.5) is 0 Å². The maximum absolute atomic E-state index is 11.6. The van der Waals surface area contributed by atoms with Crippen LogP contribution in [0.2, 0.25) is 0 Å². The fourth-order valence-electron chi connectivity index (χ4n) is 1.63. The molecule has 0 N–H and O–H groups in total. The van der Waals surface area contributed by atoms with E-state index in [1.807, 2.05) is 0 Å². The van der Waals surface area contributed by atoms with Gasteiger partial charge >= 0.3 is 23.9 Å². The molecule has 0 spiro atoms. The third kappa shape index (κ3) is 5.91. The number of hydrogen-bond donors (Lipinski definition) is 0. The van der Waals surface area contributed by atoms with Gasteiger partial charge in [0.15, 0.2) is 11.5 Å². The van der Waals surface area contributed by atoms with Crippen LogP contribution < -0.4 is 9.47 Å². The van der Waals surface area contributed by atoms with E-state index in [4.69, 9.17) is 14.2 Å². The molecule has 24 heavy (non-hydrogen) atoms. The van der Waals surface area contributed by atoms with Crippen LogP contribution in [0.1, 0.15) is 26.3 Å². The Hall–Kier alpha value is -3.16. The summed E-state index contributed by atoms with van der Waals surface area (Å²) in [7, 11) is 1.13. The molecule has 0 saturated heterocycles. The summed E-state index contributed by atoms with van der Waals surface area (Å²) in [6.07, 6.45) is 1.22. The van der Waals surface area contributed by atoms with Crippen LogP contribution in [0.5, 0.6) is 11.5 Å². The summed E-state index contributed by atoms with van der Waals surface area (Å²) in [6, 6.07) is 4.18. The lowest BCUT2D eigenvalue weighted by atomic mass is 10.1. The second-order valence-electron chi connectivity index (χ2n) is 4.49. The van der Waals surface area contributed by atoms with E-state index in [0.29, 0.717) is 5.56 Å². The summed E-state index contributed by atoms with van der Waals surface area (Å²) in [5.74, 6) is -3.13. The van der Waals surface area contributed by atoms with E-state index < -0.39 is 23.9 Å². The van der Waals surface area contributed by atoms with Crippen molar-refractivity contribution in [1.82, 2.24) is 0 Å². The second-order valence-corrected chi connectivity index (χ2v) is 4.49. The minimum Gasteiger partial charge on any atom is -0.463 e. The zero-order valence-electron chi connectivity index (χ0n) is 13.6. The number of carbonyl (C=O) groups is 4. The van der Waals surface area contributed by atoms with Crippen molar-refractivity contribution >= 4 is 30.0 Å². The number of methoxy groups -OCH3 is 1. The molecule has 0 saturated carbocycles. The van der Waals surface area contributed by atoms with Crippen molar-refractivity contribution in [3.05, 3.63) is 29.5 Å². The SMILES string of the molecule is COC(=O)C(=Cc1ccc(OC(C)=O)c(OC(C)=O)c1)OC(C)=O. The molecule has 0 radical (unpaired) electrons. The van der Waals surface area contributed by atoms with Gasteiger partial charge in [-0.05, 0) is 23.8 Å². The number of carbonyl (C=O) groups excluding carboxylic acids is 4. The molecule has 0 unspecified atom stereocenters. The van der Waals surface area contributed by atoms with Crippen molar-refractivity contribution in [3.8, 4) is 11.5 Å². The van der Waals surface area contributed by atoms with Gasteiger partial charge in [0.2, 0.25) is 5.76 Å². The van der Waals surface area contributed by atoms with E-state index in [1.54, 1.807) is 0 Å². The van der Waals surface area contributed by atoms with Gasteiger partial charge in [-0.15, -0.1) is 0 Å². The summed E-state index contributed by atoms with van der Waals surface area (Å²) < 4.78 is 19.2. The first-order valence-electron chi connectivity index (χ1n) is 6.72. The Bertz CT molecular complexity index is 702. The molecular weight excluding hydrogens is 320 g/mol. The van der Waals surface area contributed by atoms with E-state index >= 15 is 0 Å². The smallest absolute Gasteiger partial charge is 0.374 e. The topological polar surface area (TPSA) is 105 Å². The van der Waals surface area contributed by atoms with Crippen molar-refractivity contribution < 1.29 is 38.1 Å². The Morgan fingerprint density at radius 1 is 0.875 bits per heavy atom. The van der Waals surface area contributed by atoms with E-state index in [-0.39, 0.29) is 17.3 Å². The largest absolute Gasteiger partial charge is 0.463 e. The Labute approximate surface area is 137 Å². The summed E-state index contributed by atoms with van der Waals surface area (Å²) in [5.41, 5.74) is 0.351. The number of ether oxygens (including phenoxy) is 4. The molecule has 128 valence electrons. The number of rotatable bonds is 5. The van der Waals surface area contributed by atoms with Gasteiger partial charge in [-0.25, -0.2) is 4.79 Å². The van der Waals surface area contributed by atoms with Crippen molar-refractivity contribution in [1.29, 1.82) is 0 Å². The molecule has 1 aromatic carbocycles. The molecule has 1 aromatic rings. The quantitative estimate of drug-likeness (QED) is 0.346. The lowest BCUT2D eigenvalue weighted by Crippen LogP contribution is -2.11. The van der Waals surface area contributed by atoms with E-state index in [9.17, 15) is 19.2 Å². The average molecular weight is 336 g/mol. The minimum atomic E-state index is -0.858. The van der Waals surface area contributed by atoms with E-state index in [0.717, 1.165) is 14.0 Å². The fraction of sp³-hybridized carbons (Fsp3) is 0.250. The lowest BCUT2D eigenvalue weighted by Gasteiger charge is -2.10. The highest BCUT2D eigenvalue weighted by Gasteiger charge is 2.16. The standard InChI is InChI=1S/C16H16O8/c1-9(17)22-13-6-5-12(7-14(13)23-10(2)18)8-15(16(20)21-4)24-11(3)19/h5-8H,1-4H3. The normalized spacial score (nSPS) is 10.6. The summed E-state index contributed by atoms with van der Waals surface area (Å²) in [6.45, 7) is 3.51. The van der Waals surface area contributed by atoms with Gasteiger partial charge in [-0.1, -0.05) is 6.07 Å². The molecule has 1 rings (SSSR count). The van der Waals surface area contributed by atoms with Crippen molar-refractivity contribution in [2.75, 3.05) is 7.11 Å². The van der Waals surface area contributed by atoms with Gasteiger partial charge in [-0.2, -0.15) is 0 Å². The van der Waals surface area contributed by atoms with Gasteiger partial charge in [0.1, 0.15) is 0 Å². The molecule has 0 aliphatic carbocycles. The highest BCUT2D eigenvalue weighted by Crippen LogP contribution is 2.30. The highest BCUT2D eigenvalue weighted by atomic mass is 16.6. The first-order chi connectivity index (χ1) is 11.2. The van der Waals surface area contributed by atoms with Gasteiger partial charge in [0.25, 0.3) is 0 Å². The van der Waals surface area contributed by atoms with Crippen LogP contribution in [0, 0.1) is 0 Å². The molecule has 8 heteroatoms. The Morgan fingerprint density at radius 2 is 1.46 bits per heavy atom. The maximum Gasteiger partial charge on any atom is 0.374 e. The second kappa shape index (κ2) is 8.47. The first kappa shape index (κ1) is 18.9. The average Bonchev–Trinajstić information content (AvgIpc) is 2.47. The third-order valence-electron chi connectivity index (χ3n) is 2.41. The molecule has 0 aliphatic heterocycles. The van der Waals surface area contributed by atoms with Crippen molar-refractivity contribution in [2.24, 2.45) is 0 Å². The summed E-state index contributed by atoms with van der Waals surface area (Å²) in [5, 5.41) is 0. The molecule has 0 bridgehead atoms. The van der Waals surface area contributed by atoms with Crippen LogP contribution >= 0.6 is 0 Å². The zero-order valence-corrected chi connectivity index (χ0v) is 13.6. The zero-order chi connectivity index (χ0) is 18.3. The van der Waals surface area contributed by atoms with Crippen LogP contribution in [0.25, 0.3) is 6.08 Å². The highest BCUT2D eigenvalue weighted by molar-refractivity contribution is 5.94. The van der Waals surface area contributed by atoms with Crippen LogP contribution in [-0.4, -0.2) is 31.0 Å². The maximum atomic E-state index is 11.6. The van der Waals surface area contributed by atoms with Gasteiger partial charge < -0.3 is 18.9 Å². The van der Waals surface area contributed by atoms with Gasteiger partial charge in [0.05, 0.1) is 7.11 Å². The molecule has 8 nitrogen and oxygen atoms in total. The Morgan fingerprint density at radius 3 is 1.96 bits per heavy atom. The van der Waals surface area contributed by atoms with Crippen molar-refractivity contribution in [3.63, 3.8) is 0 Å². The molecule has 0 fully saturated rings.